The Bertz CT molecular complexity index is 436. The first-order valence-electron chi connectivity index (χ1n) is 8.17. The number of anilines is 1. The molecule has 1 aromatic heterocycles. The van der Waals surface area contributed by atoms with Crippen molar-refractivity contribution in [3.8, 4) is 0 Å². The summed E-state index contributed by atoms with van der Waals surface area (Å²) in [5, 5.41) is 3.63. The highest BCUT2D eigenvalue weighted by Gasteiger charge is 2.30. The summed E-state index contributed by atoms with van der Waals surface area (Å²) in [5.41, 5.74) is 2.78. The average molecular weight is 273 g/mol. The van der Waals surface area contributed by atoms with Gasteiger partial charge < -0.3 is 10.2 Å². The summed E-state index contributed by atoms with van der Waals surface area (Å²) < 4.78 is 0. The molecule has 2 aliphatic rings. The average Bonchev–Trinajstić information content (AvgIpc) is 3.31. The zero-order valence-electron chi connectivity index (χ0n) is 12.8. The van der Waals surface area contributed by atoms with Gasteiger partial charge in [0.1, 0.15) is 0 Å². The van der Waals surface area contributed by atoms with Crippen molar-refractivity contribution >= 4 is 5.69 Å². The highest BCUT2D eigenvalue weighted by atomic mass is 15.2. The van der Waals surface area contributed by atoms with Crippen LogP contribution in [-0.4, -0.2) is 23.6 Å². The third-order valence-electron chi connectivity index (χ3n) is 4.28. The zero-order chi connectivity index (χ0) is 13.9. The van der Waals surface area contributed by atoms with Crippen LogP contribution in [0.15, 0.2) is 18.5 Å². The van der Waals surface area contributed by atoms with Crippen molar-refractivity contribution in [3.05, 3.63) is 24.0 Å². The minimum Gasteiger partial charge on any atom is -0.368 e. The molecule has 0 saturated heterocycles. The number of hydrogen-bond acceptors (Lipinski definition) is 3. The molecule has 3 rings (SSSR count). The number of hydrogen-bond donors (Lipinski definition) is 1. The summed E-state index contributed by atoms with van der Waals surface area (Å²) in [6.07, 6.45) is 10.7. The molecule has 0 atom stereocenters. The van der Waals surface area contributed by atoms with E-state index in [9.17, 15) is 0 Å². The second kappa shape index (κ2) is 6.13. The Balaban J connectivity index is 1.70. The number of rotatable bonds is 8. The summed E-state index contributed by atoms with van der Waals surface area (Å²) in [6, 6.07) is 3.74. The van der Waals surface area contributed by atoms with Crippen molar-refractivity contribution in [2.24, 2.45) is 5.92 Å². The topological polar surface area (TPSA) is 28.2 Å². The molecule has 0 unspecified atom stereocenters. The zero-order valence-corrected chi connectivity index (χ0v) is 12.8. The molecule has 2 saturated carbocycles. The summed E-state index contributed by atoms with van der Waals surface area (Å²) in [7, 11) is 0. The molecule has 2 aliphatic carbocycles. The van der Waals surface area contributed by atoms with Gasteiger partial charge >= 0.3 is 0 Å². The molecule has 20 heavy (non-hydrogen) atoms. The van der Waals surface area contributed by atoms with Crippen molar-refractivity contribution in [3.63, 3.8) is 0 Å². The maximum Gasteiger partial charge on any atom is 0.0445 e. The smallest absolute Gasteiger partial charge is 0.0445 e. The molecule has 3 heteroatoms. The van der Waals surface area contributed by atoms with Gasteiger partial charge in [0.05, 0.1) is 0 Å². The summed E-state index contributed by atoms with van der Waals surface area (Å²) in [5.74, 6) is 0.770. The van der Waals surface area contributed by atoms with Crippen LogP contribution in [0.5, 0.6) is 0 Å². The first-order valence-corrected chi connectivity index (χ1v) is 8.17. The van der Waals surface area contributed by atoms with E-state index in [2.05, 4.69) is 41.3 Å². The van der Waals surface area contributed by atoms with Crippen LogP contribution in [-0.2, 0) is 6.54 Å². The van der Waals surface area contributed by atoms with Crippen molar-refractivity contribution < 1.29 is 0 Å². The lowest BCUT2D eigenvalue weighted by atomic mass is 10.1. The van der Waals surface area contributed by atoms with Gasteiger partial charge in [-0.25, -0.2) is 0 Å². The number of nitrogens with zero attached hydrogens (tertiary/aromatic N) is 2. The second-order valence-corrected chi connectivity index (χ2v) is 6.77. The van der Waals surface area contributed by atoms with Crippen molar-refractivity contribution in [2.75, 3.05) is 11.4 Å². The number of aromatic nitrogens is 1. The molecule has 0 aliphatic heterocycles. The first-order chi connectivity index (χ1) is 9.74. The van der Waals surface area contributed by atoms with E-state index in [0.717, 1.165) is 24.5 Å². The van der Waals surface area contributed by atoms with Gasteiger partial charge in [-0.05, 0) is 44.1 Å². The van der Waals surface area contributed by atoms with Crippen LogP contribution >= 0.6 is 0 Å². The molecular weight excluding hydrogens is 246 g/mol. The molecule has 1 aromatic rings. The largest absolute Gasteiger partial charge is 0.368 e. The van der Waals surface area contributed by atoms with Gasteiger partial charge in [-0.3, -0.25) is 4.98 Å². The van der Waals surface area contributed by atoms with Crippen LogP contribution in [0.4, 0.5) is 5.69 Å². The summed E-state index contributed by atoms with van der Waals surface area (Å²) >= 11 is 0. The molecule has 0 radical (unpaired) electrons. The monoisotopic (exact) mass is 273 g/mol. The fourth-order valence-electron chi connectivity index (χ4n) is 2.66. The van der Waals surface area contributed by atoms with Gasteiger partial charge in [-0.2, -0.15) is 0 Å². The van der Waals surface area contributed by atoms with Crippen LogP contribution < -0.4 is 10.2 Å². The standard InChI is InChI=1S/C17H27N3/c1-13(2)8-10-20(16-5-6-16)17-7-9-18-11-14(17)12-19-15-3-4-15/h7,9,11,13,15-16,19H,3-6,8,10,12H2,1-2H3. The minimum atomic E-state index is 0.757. The molecule has 1 heterocycles. The van der Waals surface area contributed by atoms with Crippen molar-refractivity contribution in [1.82, 2.24) is 10.3 Å². The highest BCUT2D eigenvalue weighted by molar-refractivity contribution is 5.54. The Morgan fingerprint density at radius 3 is 2.75 bits per heavy atom. The molecule has 1 N–H and O–H groups in total. The molecule has 3 nitrogen and oxygen atoms in total. The summed E-state index contributed by atoms with van der Waals surface area (Å²) in [6.45, 7) is 6.78. The number of nitrogens with one attached hydrogen (secondary N) is 1. The lowest BCUT2D eigenvalue weighted by Gasteiger charge is -2.28. The van der Waals surface area contributed by atoms with Crippen molar-refractivity contribution in [2.45, 2.75) is 64.6 Å². The maximum absolute atomic E-state index is 4.33. The molecule has 2 fully saturated rings. The molecule has 0 aromatic carbocycles. The minimum absolute atomic E-state index is 0.757. The molecular formula is C17H27N3. The van der Waals surface area contributed by atoms with E-state index in [1.54, 1.807) is 0 Å². The van der Waals surface area contributed by atoms with Gasteiger partial charge in [-0.15, -0.1) is 0 Å². The Hall–Kier alpha value is -1.09. The van der Waals surface area contributed by atoms with Crippen LogP contribution in [0.1, 0.15) is 51.5 Å². The van der Waals surface area contributed by atoms with Gasteiger partial charge in [0.15, 0.2) is 0 Å². The summed E-state index contributed by atoms with van der Waals surface area (Å²) in [4.78, 5) is 6.96. The molecule has 0 amide bonds. The van der Waals surface area contributed by atoms with Crippen LogP contribution in [0.25, 0.3) is 0 Å². The molecule has 110 valence electrons. The van der Waals surface area contributed by atoms with Crippen LogP contribution in [0.2, 0.25) is 0 Å². The predicted octanol–water partition coefficient (Wildman–Crippen LogP) is 3.35. The quantitative estimate of drug-likeness (QED) is 0.787. The van der Waals surface area contributed by atoms with E-state index in [4.69, 9.17) is 0 Å². The lowest BCUT2D eigenvalue weighted by Crippen LogP contribution is -2.29. The first kappa shape index (κ1) is 13.9. The Morgan fingerprint density at radius 2 is 2.10 bits per heavy atom. The van der Waals surface area contributed by atoms with Crippen LogP contribution in [0, 0.1) is 5.92 Å². The Morgan fingerprint density at radius 1 is 1.30 bits per heavy atom. The van der Waals surface area contributed by atoms with Crippen molar-refractivity contribution in [1.29, 1.82) is 0 Å². The Labute approximate surface area is 122 Å². The highest BCUT2D eigenvalue weighted by Crippen LogP contribution is 2.34. The lowest BCUT2D eigenvalue weighted by molar-refractivity contribution is 0.569. The van der Waals surface area contributed by atoms with E-state index < -0.39 is 0 Å². The molecule has 0 bridgehead atoms. The van der Waals surface area contributed by atoms with Crippen LogP contribution in [0.3, 0.4) is 0 Å². The van der Waals surface area contributed by atoms with Gasteiger partial charge in [-0.1, -0.05) is 13.8 Å². The van der Waals surface area contributed by atoms with E-state index in [-0.39, 0.29) is 0 Å². The van der Waals surface area contributed by atoms with Gasteiger partial charge in [0, 0.05) is 48.8 Å². The predicted molar refractivity (Wildman–Crippen MR) is 83.9 cm³/mol. The van der Waals surface area contributed by atoms with E-state index >= 15 is 0 Å². The second-order valence-electron chi connectivity index (χ2n) is 6.77. The normalized spacial score (nSPS) is 18.6. The third-order valence-corrected chi connectivity index (χ3v) is 4.28. The fourth-order valence-corrected chi connectivity index (χ4v) is 2.66. The van der Waals surface area contributed by atoms with Gasteiger partial charge in [0.25, 0.3) is 0 Å². The Kier molecular flexibility index (Phi) is 4.25. The maximum atomic E-state index is 4.33. The van der Waals surface area contributed by atoms with E-state index in [1.165, 1.54) is 49.9 Å². The number of pyridine rings is 1. The molecule has 0 spiro atoms. The van der Waals surface area contributed by atoms with Gasteiger partial charge in [0.2, 0.25) is 0 Å². The fraction of sp³-hybridized carbons (Fsp3) is 0.706. The SMILES string of the molecule is CC(C)CCN(c1ccncc1CNC1CC1)C1CC1. The third kappa shape index (κ3) is 3.72. The van der Waals surface area contributed by atoms with E-state index in [1.807, 2.05) is 6.20 Å². The van der Waals surface area contributed by atoms with E-state index in [0.29, 0.717) is 0 Å².